The average molecular weight is 349 g/mol. The first kappa shape index (κ1) is 17.8. The number of hydrogen-bond donors (Lipinski definition) is 1. The van der Waals surface area contributed by atoms with Crippen LogP contribution in [0.4, 0.5) is 10.1 Å². The number of carbonyl (C=O) groups excluding carboxylic acids is 2. The van der Waals surface area contributed by atoms with Crippen LogP contribution in [0.25, 0.3) is 0 Å². The first-order chi connectivity index (χ1) is 11.6. The minimum atomic E-state index is -0.590. The van der Waals surface area contributed by atoms with E-state index < -0.39 is 24.3 Å². The van der Waals surface area contributed by atoms with E-state index in [0.29, 0.717) is 16.3 Å². The van der Waals surface area contributed by atoms with Crippen LogP contribution in [0.2, 0.25) is 0 Å². The van der Waals surface area contributed by atoms with Crippen molar-refractivity contribution in [2.45, 2.75) is 4.90 Å². The van der Waals surface area contributed by atoms with Gasteiger partial charge in [0.05, 0.1) is 12.9 Å². The van der Waals surface area contributed by atoms with E-state index in [1.54, 1.807) is 49.6 Å². The molecule has 0 aliphatic carbocycles. The summed E-state index contributed by atoms with van der Waals surface area (Å²) in [4.78, 5) is 23.7. The molecule has 0 aliphatic rings. The fourth-order valence-electron chi connectivity index (χ4n) is 1.76. The molecule has 5 nitrogen and oxygen atoms in total. The van der Waals surface area contributed by atoms with Crippen LogP contribution in [0.15, 0.2) is 53.4 Å². The molecule has 0 radical (unpaired) electrons. The van der Waals surface area contributed by atoms with Gasteiger partial charge in [-0.15, -0.1) is 11.8 Å². The normalized spacial score (nSPS) is 10.1. The fraction of sp³-hybridized carbons (Fsp3) is 0.176. The molecule has 24 heavy (non-hydrogen) atoms. The summed E-state index contributed by atoms with van der Waals surface area (Å²) >= 11 is 1.02. The molecule has 1 N–H and O–H groups in total. The molecule has 1 amide bonds. The van der Waals surface area contributed by atoms with E-state index >= 15 is 0 Å². The van der Waals surface area contributed by atoms with E-state index in [1.807, 2.05) is 0 Å². The second-order valence-electron chi connectivity index (χ2n) is 4.66. The van der Waals surface area contributed by atoms with Crippen molar-refractivity contribution in [1.29, 1.82) is 0 Å². The molecule has 0 aliphatic heterocycles. The zero-order valence-corrected chi connectivity index (χ0v) is 13.8. The molecule has 2 rings (SSSR count). The van der Waals surface area contributed by atoms with Crippen molar-refractivity contribution in [3.05, 3.63) is 54.3 Å². The highest BCUT2D eigenvalue weighted by atomic mass is 32.2. The van der Waals surface area contributed by atoms with Gasteiger partial charge in [-0.25, -0.2) is 4.39 Å². The number of halogens is 1. The second-order valence-corrected chi connectivity index (χ2v) is 5.67. The molecule has 0 bridgehead atoms. The van der Waals surface area contributed by atoms with Crippen molar-refractivity contribution in [3.63, 3.8) is 0 Å². The van der Waals surface area contributed by atoms with E-state index in [-0.39, 0.29) is 5.75 Å². The molecule has 0 spiro atoms. The molecule has 0 atom stereocenters. The van der Waals surface area contributed by atoms with E-state index in [9.17, 15) is 14.0 Å². The number of thioether (sulfide) groups is 1. The van der Waals surface area contributed by atoms with Crippen LogP contribution < -0.4 is 10.1 Å². The summed E-state index contributed by atoms with van der Waals surface area (Å²) in [5.74, 6) is -0.841. The molecule has 0 saturated carbocycles. The largest absolute Gasteiger partial charge is 0.497 e. The van der Waals surface area contributed by atoms with Crippen LogP contribution in [0.5, 0.6) is 5.75 Å². The average Bonchev–Trinajstić information content (AvgIpc) is 2.60. The number of esters is 1. The van der Waals surface area contributed by atoms with E-state index in [2.05, 4.69) is 5.32 Å². The standard InChI is InChI=1S/C17H16FNO4S/c1-22-13-8-6-12(7-9-13)19-16(20)10-23-17(21)11-24-15-5-3-2-4-14(15)18/h2-9H,10-11H2,1H3,(H,19,20). The quantitative estimate of drug-likeness (QED) is 0.615. The summed E-state index contributed by atoms with van der Waals surface area (Å²) in [7, 11) is 1.55. The fourth-order valence-corrected chi connectivity index (χ4v) is 2.50. The number of anilines is 1. The molecule has 0 heterocycles. The first-order valence-electron chi connectivity index (χ1n) is 7.05. The Morgan fingerprint density at radius 2 is 1.83 bits per heavy atom. The third kappa shape index (κ3) is 5.58. The smallest absolute Gasteiger partial charge is 0.316 e. The second kappa shape index (κ2) is 8.93. The summed E-state index contributed by atoms with van der Waals surface area (Å²) in [5, 5.41) is 2.59. The monoisotopic (exact) mass is 349 g/mol. The lowest BCUT2D eigenvalue weighted by Gasteiger charge is -2.07. The molecule has 126 valence electrons. The van der Waals surface area contributed by atoms with Crippen LogP contribution in [0.1, 0.15) is 0 Å². The number of amides is 1. The van der Waals surface area contributed by atoms with Crippen LogP contribution in [-0.4, -0.2) is 31.3 Å². The van der Waals surface area contributed by atoms with Crippen molar-refractivity contribution >= 4 is 29.3 Å². The molecule has 0 fully saturated rings. The maximum absolute atomic E-state index is 13.4. The highest BCUT2D eigenvalue weighted by molar-refractivity contribution is 8.00. The van der Waals surface area contributed by atoms with Crippen molar-refractivity contribution < 1.29 is 23.5 Å². The Labute approximate surface area is 143 Å². The number of rotatable bonds is 7. The van der Waals surface area contributed by atoms with Crippen molar-refractivity contribution in [3.8, 4) is 5.75 Å². The summed E-state index contributed by atoms with van der Waals surface area (Å²) in [6.07, 6.45) is 0. The zero-order valence-electron chi connectivity index (χ0n) is 13.0. The van der Waals surface area contributed by atoms with Gasteiger partial charge in [0.2, 0.25) is 0 Å². The Kier molecular flexibility index (Phi) is 6.62. The Morgan fingerprint density at radius 3 is 2.50 bits per heavy atom. The van der Waals surface area contributed by atoms with Crippen molar-refractivity contribution in [2.75, 3.05) is 24.8 Å². The molecular weight excluding hydrogens is 333 g/mol. The number of hydrogen-bond acceptors (Lipinski definition) is 5. The Hall–Kier alpha value is -2.54. The maximum atomic E-state index is 13.4. The van der Waals surface area contributed by atoms with E-state index in [0.717, 1.165) is 11.8 Å². The SMILES string of the molecule is COc1ccc(NC(=O)COC(=O)CSc2ccccc2F)cc1. The van der Waals surface area contributed by atoms with Gasteiger partial charge < -0.3 is 14.8 Å². The van der Waals surface area contributed by atoms with Gasteiger partial charge in [-0.1, -0.05) is 12.1 Å². The highest BCUT2D eigenvalue weighted by Gasteiger charge is 2.10. The third-order valence-electron chi connectivity index (χ3n) is 2.92. The van der Waals surface area contributed by atoms with Gasteiger partial charge in [0.25, 0.3) is 5.91 Å². The molecule has 7 heteroatoms. The summed E-state index contributed by atoms with van der Waals surface area (Å²) in [5.41, 5.74) is 0.567. The molecule has 0 unspecified atom stereocenters. The third-order valence-corrected chi connectivity index (χ3v) is 3.94. The maximum Gasteiger partial charge on any atom is 0.316 e. The van der Waals surface area contributed by atoms with Crippen LogP contribution >= 0.6 is 11.8 Å². The van der Waals surface area contributed by atoms with Gasteiger partial charge in [-0.2, -0.15) is 0 Å². The van der Waals surface area contributed by atoms with Gasteiger partial charge >= 0.3 is 5.97 Å². The highest BCUT2D eigenvalue weighted by Crippen LogP contribution is 2.21. The molecule has 0 aromatic heterocycles. The summed E-state index contributed by atoms with van der Waals surface area (Å²) in [6, 6.07) is 12.9. The zero-order chi connectivity index (χ0) is 17.4. The number of ether oxygens (including phenoxy) is 2. The van der Waals surface area contributed by atoms with Crippen molar-refractivity contribution in [2.24, 2.45) is 0 Å². The van der Waals surface area contributed by atoms with E-state index in [1.165, 1.54) is 6.07 Å². The summed E-state index contributed by atoms with van der Waals surface area (Å²) in [6.45, 7) is -0.400. The lowest BCUT2D eigenvalue weighted by Crippen LogP contribution is -2.21. The van der Waals surface area contributed by atoms with E-state index in [4.69, 9.17) is 9.47 Å². The number of methoxy groups -OCH3 is 1. The van der Waals surface area contributed by atoms with Crippen LogP contribution in [0.3, 0.4) is 0 Å². The van der Waals surface area contributed by atoms with Gasteiger partial charge in [-0.3, -0.25) is 9.59 Å². The molecular formula is C17H16FNO4S. The molecule has 0 saturated heterocycles. The Bertz CT molecular complexity index is 706. The molecule has 2 aromatic carbocycles. The Balaban J connectivity index is 1.72. The number of benzene rings is 2. The minimum absolute atomic E-state index is 0.0727. The lowest BCUT2D eigenvalue weighted by molar-refractivity contribution is -0.144. The summed E-state index contributed by atoms with van der Waals surface area (Å²) < 4.78 is 23.3. The Morgan fingerprint density at radius 1 is 1.12 bits per heavy atom. The number of nitrogens with one attached hydrogen (secondary N) is 1. The minimum Gasteiger partial charge on any atom is -0.497 e. The van der Waals surface area contributed by atoms with Gasteiger partial charge in [0.15, 0.2) is 6.61 Å². The van der Waals surface area contributed by atoms with Gasteiger partial charge in [0, 0.05) is 10.6 Å². The van der Waals surface area contributed by atoms with Crippen molar-refractivity contribution in [1.82, 2.24) is 0 Å². The number of carbonyl (C=O) groups is 2. The van der Waals surface area contributed by atoms with Gasteiger partial charge in [0.1, 0.15) is 11.6 Å². The molecule has 2 aromatic rings. The van der Waals surface area contributed by atoms with Gasteiger partial charge in [-0.05, 0) is 36.4 Å². The predicted octanol–water partition coefficient (Wildman–Crippen LogP) is 3.11. The van der Waals surface area contributed by atoms with Crippen LogP contribution in [0, 0.1) is 5.82 Å². The first-order valence-corrected chi connectivity index (χ1v) is 8.04. The van der Waals surface area contributed by atoms with Crippen LogP contribution in [-0.2, 0) is 14.3 Å². The predicted molar refractivity (Wildman–Crippen MR) is 89.7 cm³/mol. The topological polar surface area (TPSA) is 64.6 Å². The lowest BCUT2D eigenvalue weighted by atomic mass is 10.3.